The fourth-order valence-corrected chi connectivity index (χ4v) is 1.87. The van der Waals surface area contributed by atoms with Gasteiger partial charge in [0.25, 0.3) is 0 Å². The van der Waals surface area contributed by atoms with Gasteiger partial charge in [0.05, 0.1) is 18.8 Å². The highest BCUT2D eigenvalue weighted by molar-refractivity contribution is 5.83. The molecule has 0 atom stereocenters. The van der Waals surface area contributed by atoms with Gasteiger partial charge in [0.2, 0.25) is 11.8 Å². The van der Waals surface area contributed by atoms with Gasteiger partial charge in [-0.15, -0.1) is 0 Å². The van der Waals surface area contributed by atoms with E-state index in [4.69, 9.17) is 4.74 Å². The third-order valence-electron chi connectivity index (χ3n) is 3.08. The Morgan fingerprint density at radius 2 is 2.05 bits per heavy atom. The number of hydrogen-bond donors (Lipinski definition) is 1. The van der Waals surface area contributed by atoms with Gasteiger partial charge in [0.15, 0.2) is 0 Å². The summed E-state index contributed by atoms with van der Waals surface area (Å²) < 4.78 is 6.59. The number of hydroxylamine groups is 1. The van der Waals surface area contributed by atoms with E-state index in [0.717, 1.165) is 37.7 Å². The van der Waals surface area contributed by atoms with E-state index in [-0.39, 0.29) is 5.54 Å². The van der Waals surface area contributed by atoms with E-state index in [1.807, 2.05) is 32.9 Å². The summed E-state index contributed by atoms with van der Waals surface area (Å²) in [6.07, 6.45) is 3.51. The van der Waals surface area contributed by atoms with Gasteiger partial charge in [-0.25, -0.2) is 4.98 Å². The van der Waals surface area contributed by atoms with Crippen molar-refractivity contribution in [2.24, 2.45) is 0 Å². The lowest BCUT2D eigenvalue weighted by atomic mass is 10.1. The lowest BCUT2D eigenvalue weighted by molar-refractivity contribution is -0.816. The smallest absolute Gasteiger partial charge is 0.227 e. The van der Waals surface area contributed by atoms with E-state index in [1.165, 1.54) is 4.74 Å². The highest BCUT2D eigenvalue weighted by Crippen LogP contribution is 2.17. The van der Waals surface area contributed by atoms with Gasteiger partial charge < -0.3 is 9.64 Å². The molecule has 0 spiro atoms. The van der Waals surface area contributed by atoms with Crippen LogP contribution in [0.2, 0.25) is 0 Å². The summed E-state index contributed by atoms with van der Waals surface area (Å²) in [6.45, 7) is 8.96. The number of rotatable bonds is 2. The van der Waals surface area contributed by atoms with Crippen molar-refractivity contribution in [3.8, 4) is 0 Å². The number of nitrogens with zero attached hydrogens (tertiary/aromatic N) is 3. The molecule has 1 N–H and O–H groups in total. The molecule has 1 aliphatic heterocycles. The molecule has 0 radical (unpaired) electrons. The van der Waals surface area contributed by atoms with E-state index < -0.39 is 0 Å². The van der Waals surface area contributed by atoms with E-state index in [1.54, 1.807) is 12.4 Å². The van der Waals surface area contributed by atoms with Crippen LogP contribution in [0.4, 0.5) is 5.82 Å². The number of morpholine rings is 1. The standard InChI is InChI=1S/C14H22N3O2/c1-14(2,3)17(18)11-12-5-4-6-15-13(12)16-7-9-19-10-8-16/h4-6,11,18H,7-10H2,1-3H3/q+1. The molecule has 0 amide bonds. The minimum Gasteiger partial charge on any atom is -0.378 e. The fourth-order valence-electron chi connectivity index (χ4n) is 1.87. The second kappa shape index (κ2) is 5.57. The Morgan fingerprint density at radius 3 is 2.68 bits per heavy atom. The molecule has 19 heavy (non-hydrogen) atoms. The van der Waals surface area contributed by atoms with Crippen LogP contribution in [0.1, 0.15) is 26.3 Å². The van der Waals surface area contributed by atoms with Gasteiger partial charge in [-0.2, -0.15) is 0 Å². The van der Waals surface area contributed by atoms with Crippen molar-refractivity contribution in [1.82, 2.24) is 4.98 Å². The third kappa shape index (κ3) is 3.44. The first-order chi connectivity index (χ1) is 8.98. The number of pyridine rings is 1. The molecule has 1 aromatic heterocycles. The van der Waals surface area contributed by atoms with Crippen molar-refractivity contribution in [3.05, 3.63) is 23.9 Å². The summed E-state index contributed by atoms with van der Waals surface area (Å²) in [4.78, 5) is 6.63. The van der Waals surface area contributed by atoms with Gasteiger partial charge in [-0.05, 0) is 16.9 Å². The number of ether oxygens (including phenoxy) is 1. The maximum atomic E-state index is 10.1. The van der Waals surface area contributed by atoms with Crippen LogP contribution in [0.15, 0.2) is 18.3 Å². The first kappa shape index (κ1) is 13.8. The molecule has 1 fully saturated rings. The van der Waals surface area contributed by atoms with Gasteiger partial charge in [0, 0.05) is 40.1 Å². The van der Waals surface area contributed by atoms with Crippen LogP contribution in [0.25, 0.3) is 0 Å². The first-order valence-corrected chi connectivity index (χ1v) is 6.59. The summed E-state index contributed by atoms with van der Waals surface area (Å²) in [7, 11) is 0. The molecule has 1 saturated heterocycles. The highest BCUT2D eigenvalue weighted by atomic mass is 16.5. The Bertz CT molecular complexity index is 460. The number of aromatic nitrogens is 1. The third-order valence-corrected chi connectivity index (χ3v) is 3.08. The molecule has 5 heteroatoms. The van der Waals surface area contributed by atoms with Crippen molar-refractivity contribution in [3.63, 3.8) is 0 Å². The maximum absolute atomic E-state index is 10.1. The quantitative estimate of drug-likeness (QED) is 0.381. The number of hydrogen-bond acceptors (Lipinski definition) is 4. The first-order valence-electron chi connectivity index (χ1n) is 6.59. The zero-order valence-corrected chi connectivity index (χ0v) is 11.8. The minimum atomic E-state index is -0.335. The van der Waals surface area contributed by atoms with Crippen LogP contribution in [-0.2, 0) is 4.74 Å². The molecular weight excluding hydrogens is 242 g/mol. The SMILES string of the molecule is CC(C)(C)[N+](O)=Cc1cccnc1N1CCOCC1. The summed E-state index contributed by atoms with van der Waals surface area (Å²) >= 11 is 0. The molecule has 0 bridgehead atoms. The van der Waals surface area contributed by atoms with Crippen LogP contribution < -0.4 is 4.90 Å². The Kier molecular flexibility index (Phi) is 4.04. The van der Waals surface area contributed by atoms with Crippen molar-refractivity contribution < 1.29 is 14.7 Å². The van der Waals surface area contributed by atoms with Crippen LogP contribution in [0.5, 0.6) is 0 Å². The largest absolute Gasteiger partial charge is 0.378 e. The molecule has 5 nitrogen and oxygen atoms in total. The average molecular weight is 264 g/mol. The second-order valence-electron chi connectivity index (χ2n) is 5.66. The van der Waals surface area contributed by atoms with Crippen LogP contribution in [0.3, 0.4) is 0 Å². The van der Waals surface area contributed by atoms with Crippen molar-refractivity contribution >= 4 is 12.0 Å². The van der Waals surface area contributed by atoms with Crippen molar-refractivity contribution in [1.29, 1.82) is 0 Å². The zero-order valence-electron chi connectivity index (χ0n) is 11.8. The van der Waals surface area contributed by atoms with Crippen LogP contribution >= 0.6 is 0 Å². The average Bonchev–Trinajstić information content (AvgIpc) is 2.39. The lowest BCUT2D eigenvalue weighted by Crippen LogP contribution is -2.38. The Balaban J connectivity index is 2.30. The lowest BCUT2D eigenvalue weighted by Gasteiger charge is -2.28. The van der Waals surface area contributed by atoms with Gasteiger partial charge in [-0.3, -0.25) is 5.21 Å². The van der Waals surface area contributed by atoms with Gasteiger partial charge >= 0.3 is 0 Å². The molecule has 0 unspecified atom stereocenters. The van der Waals surface area contributed by atoms with E-state index in [2.05, 4.69) is 9.88 Å². The van der Waals surface area contributed by atoms with Gasteiger partial charge in [-0.1, -0.05) is 0 Å². The highest BCUT2D eigenvalue weighted by Gasteiger charge is 2.25. The maximum Gasteiger partial charge on any atom is 0.227 e. The molecule has 1 aliphatic rings. The summed E-state index contributed by atoms with van der Waals surface area (Å²) in [6, 6.07) is 3.85. The predicted octanol–water partition coefficient (Wildman–Crippen LogP) is 1.54. The zero-order chi connectivity index (χ0) is 13.9. The van der Waals surface area contributed by atoms with Crippen LogP contribution in [-0.4, -0.2) is 53.0 Å². The molecule has 0 aliphatic carbocycles. The molecule has 104 valence electrons. The number of anilines is 1. The summed E-state index contributed by atoms with van der Waals surface area (Å²) in [5, 5.41) is 10.1. The topological polar surface area (TPSA) is 48.6 Å². The molecule has 0 aromatic carbocycles. The monoisotopic (exact) mass is 264 g/mol. The molecule has 2 rings (SSSR count). The van der Waals surface area contributed by atoms with Crippen molar-refractivity contribution in [2.75, 3.05) is 31.2 Å². The minimum absolute atomic E-state index is 0.335. The van der Waals surface area contributed by atoms with E-state index in [9.17, 15) is 5.21 Å². The fraction of sp³-hybridized carbons (Fsp3) is 0.571. The Morgan fingerprint density at radius 1 is 1.37 bits per heavy atom. The molecular formula is C14H22N3O2+. The molecule has 0 saturated carbocycles. The Hall–Kier alpha value is -1.62. The normalized spacial score (nSPS) is 17.6. The Labute approximate surface area is 114 Å². The molecule has 1 aromatic rings. The summed E-state index contributed by atoms with van der Waals surface area (Å²) in [5.41, 5.74) is 0.583. The second-order valence-corrected chi connectivity index (χ2v) is 5.66. The van der Waals surface area contributed by atoms with Crippen LogP contribution in [0, 0.1) is 0 Å². The van der Waals surface area contributed by atoms with E-state index in [0.29, 0.717) is 0 Å². The predicted molar refractivity (Wildman–Crippen MR) is 74.2 cm³/mol. The summed E-state index contributed by atoms with van der Waals surface area (Å²) in [5.74, 6) is 0.897. The molecule has 2 heterocycles. The van der Waals surface area contributed by atoms with Crippen molar-refractivity contribution in [2.45, 2.75) is 26.3 Å². The van der Waals surface area contributed by atoms with E-state index >= 15 is 0 Å². The van der Waals surface area contributed by atoms with Gasteiger partial charge in [0.1, 0.15) is 5.82 Å².